The third-order valence-corrected chi connectivity index (χ3v) is 6.14. The second kappa shape index (κ2) is 11.0. The Bertz CT molecular complexity index is 1040. The van der Waals surface area contributed by atoms with Gasteiger partial charge in [-0.1, -0.05) is 43.3 Å². The van der Waals surface area contributed by atoms with Gasteiger partial charge in [0.1, 0.15) is 16.7 Å². The lowest BCUT2D eigenvalue weighted by atomic mass is 10.1. The number of methoxy groups -OCH3 is 2. The molecule has 0 aliphatic heterocycles. The number of hydrogen-bond donors (Lipinski definition) is 0. The zero-order valence-electron chi connectivity index (χ0n) is 19.1. The number of carbonyl (C=O) groups excluding carboxylic acids is 1. The fraction of sp³-hybridized carbons (Fsp3) is 0.375. The largest absolute Gasteiger partial charge is 0.497 e. The molecule has 0 amide bonds. The third kappa shape index (κ3) is 5.24. The van der Waals surface area contributed by atoms with Crippen LogP contribution in [0.2, 0.25) is 0 Å². The van der Waals surface area contributed by atoms with Gasteiger partial charge in [-0.3, -0.25) is 9.36 Å². The number of rotatable bonds is 10. The molecule has 0 aliphatic rings. The number of benzene rings is 2. The molecule has 0 saturated carbocycles. The van der Waals surface area contributed by atoms with E-state index in [4.69, 9.17) is 14.2 Å². The van der Waals surface area contributed by atoms with E-state index in [1.165, 1.54) is 11.8 Å². The average molecular weight is 456 g/mol. The Balaban J connectivity index is 2.15. The van der Waals surface area contributed by atoms with Crippen LogP contribution in [0, 0.1) is 6.92 Å². The van der Waals surface area contributed by atoms with Crippen molar-refractivity contribution >= 4 is 17.7 Å². The lowest BCUT2D eigenvalue weighted by Gasteiger charge is -2.17. The number of nitrogens with zero attached hydrogens (tertiary/aromatic N) is 3. The molecule has 0 saturated heterocycles. The third-order valence-electron chi connectivity index (χ3n) is 4.95. The van der Waals surface area contributed by atoms with E-state index < -0.39 is 0 Å². The van der Waals surface area contributed by atoms with Gasteiger partial charge in [0.15, 0.2) is 11.0 Å². The summed E-state index contributed by atoms with van der Waals surface area (Å²) in [4.78, 5) is 12.6. The first-order chi connectivity index (χ1) is 15.5. The van der Waals surface area contributed by atoms with Crippen LogP contribution < -0.4 is 9.47 Å². The molecule has 0 spiro atoms. The van der Waals surface area contributed by atoms with Gasteiger partial charge in [0, 0.05) is 11.6 Å². The van der Waals surface area contributed by atoms with Gasteiger partial charge in [-0.05, 0) is 44.0 Å². The second-order valence-corrected chi connectivity index (χ2v) is 8.35. The van der Waals surface area contributed by atoms with Gasteiger partial charge in [0.25, 0.3) is 0 Å². The van der Waals surface area contributed by atoms with E-state index in [0.29, 0.717) is 35.5 Å². The monoisotopic (exact) mass is 455 g/mol. The predicted molar refractivity (Wildman–Crippen MR) is 126 cm³/mol. The van der Waals surface area contributed by atoms with Crippen molar-refractivity contribution in [1.29, 1.82) is 0 Å². The molecule has 0 aliphatic carbocycles. The first-order valence-corrected chi connectivity index (χ1v) is 11.5. The highest BCUT2D eigenvalue weighted by atomic mass is 32.2. The van der Waals surface area contributed by atoms with Crippen molar-refractivity contribution in [3.63, 3.8) is 0 Å². The molecule has 1 aromatic heterocycles. The molecule has 3 aromatic rings. The van der Waals surface area contributed by atoms with Crippen molar-refractivity contribution in [2.75, 3.05) is 20.8 Å². The number of ether oxygens (including phenoxy) is 3. The molecule has 0 N–H and O–H groups in total. The summed E-state index contributed by atoms with van der Waals surface area (Å²) >= 11 is 1.38. The van der Waals surface area contributed by atoms with Crippen LogP contribution in [0.25, 0.3) is 17.1 Å². The van der Waals surface area contributed by atoms with E-state index in [1.807, 2.05) is 67.8 Å². The molecule has 1 unspecified atom stereocenters. The van der Waals surface area contributed by atoms with Crippen molar-refractivity contribution in [2.24, 2.45) is 0 Å². The molecule has 1 heterocycles. The maximum absolute atomic E-state index is 12.6. The minimum absolute atomic E-state index is 0.233. The van der Waals surface area contributed by atoms with Gasteiger partial charge in [0.05, 0.1) is 26.5 Å². The lowest BCUT2D eigenvalue weighted by molar-refractivity contribution is -0.142. The maximum atomic E-state index is 12.6. The van der Waals surface area contributed by atoms with Crippen LogP contribution in [0.4, 0.5) is 0 Å². The lowest BCUT2D eigenvalue weighted by Crippen LogP contribution is -2.21. The summed E-state index contributed by atoms with van der Waals surface area (Å²) in [7, 11) is 3.22. The SMILES string of the molecule is CCCC(Sc1nnc(-c2cc(OC)cc(OC)c2)n1-c1ccccc1C)C(=O)OCC. The number of esters is 1. The van der Waals surface area contributed by atoms with Crippen molar-refractivity contribution in [2.45, 2.75) is 44.0 Å². The first kappa shape index (κ1) is 23.7. The quantitative estimate of drug-likeness (QED) is 0.311. The highest BCUT2D eigenvalue weighted by Gasteiger charge is 2.26. The standard InChI is InChI=1S/C24H29N3O4S/c1-6-10-21(23(28)31-7-2)32-24-26-25-22(27(24)20-12-9-8-11-16(20)3)17-13-18(29-4)15-19(14-17)30-5/h8-9,11-15,21H,6-7,10H2,1-5H3. The molecule has 1 atom stereocenters. The molecule has 7 nitrogen and oxygen atoms in total. The van der Waals surface area contributed by atoms with Crippen LogP contribution >= 0.6 is 11.8 Å². The van der Waals surface area contributed by atoms with E-state index in [2.05, 4.69) is 10.2 Å². The van der Waals surface area contributed by atoms with Crippen LogP contribution in [0.5, 0.6) is 11.5 Å². The molecular weight excluding hydrogens is 426 g/mol. The molecule has 0 bridgehead atoms. The Hall–Kier alpha value is -3.00. The van der Waals surface area contributed by atoms with Gasteiger partial charge < -0.3 is 14.2 Å². The number of thioether (sulfide) groups is 1. The summed E-state index contributed by atoms with van der Waals surface area (Å²) in [6.45, 7) is 6.25. The normalized spacial score (nSPS) is 11.8. The molecule has 3 rings (SSSR count). The maximum Gasteiger partial charge on any atom is 0.319 e. The van der Waals surface area contributed by atoms with Crippen molar-refractivity contribution in [1.82, 2.24) is 14.8 Å². The summed E-state index contributed by atoms with van der Waals surface area (Å²) in [6.07, 6.45) is 1.54. The Kier molecular flexibility index (Phi) is 8.16. The van der Waals surface area contributed by atoms with E-state index in [0.717, 1.165) is 23.2 Å². The predicted octanol–water partition coefficient (Wildman–Crippen LogP) is 5.08. The Morgan fingerprint density at radius 2 is 1.75 bits per heavy atom. The summed E-state index contributed by atoms with van der Waals surface area (Å²) in [6, 6.07) is 13.6. The van der Waals surface area contributed by atoms with Crippen LogP contribution in [0.3, 0.4) is 0 Å². The second-order valence-electron chi connectivity index (χ2n) is 7.18. The molecule has 8 heteroatoms. The van der Waals surface area contributed by atoms with Crippen molar-refractivity contribution in [3.8, 4) is 28.6 Å². The van der Waals surface area contributed by atoms with E-state index in [9.17, 15) is 4.79 Å². The zero-order valence-corrected chi connectivity index (χ0v) is 19.9. The zero-order chi connectivity index (χ0) is 23.1. The topological polar surface area (TPSA) is 75.5 Å². The molecule has 2 aromatic carbocycles. The fourth-order valence-electron chi connectivity index (χ4n) is 3.35. The van der Waals surface area contributed by atoms with Crippen LogP contribution in [0.15, 0.2) is 47.6 Å². The van der Waals surface area contributed by atoms with Gasteiger partial charge in [-0.2, -0.15) is 0 Å². The minimum Gasteiger partial charge on any atom is -0.497 e. The number of carbonyl (C=O) groups is 1. The Labute approximate surface area is 193 Å². The van der Waals surface area contributed by atoms with Gasteiger partial charge in [-0.25, -0.2) is 0 Å². The van der Waals surface area contributed by atoms with E-state index in [1.54, 1.807) is 14.2 Å². The minimum atomic E-state index is -0.361. The summed E-state index contributed by atoms with van der Waals surface area (Å²) in [5, 5.41) is 9.24. The average Bonchev–Trinajstić information content (AvgIpc) is 3.22. The highest BCUT2D eigenvalue weighted by Crippen LogP contribution is 2.35. The van der Waals surface area contributed by atoms with E-state index in [-0.39, 0.29) is 11.2 Å². The number of para-hydroxylation sites is 1. The van der Waals surface area contributed by atoms with Crippen LogP contribution in [-0.4, -0.2) is 46.8 Å². The Morgan fingerprint density at radius 3 is 2.34 bits per heavy atom. The fourth-order valence-corrected chi connectivity index (χ4v) is 4.50. The van der Waals surface area contributed by atoms with Gasteiger partial charge in [0.2, 0.25) is 0 Å². The first-order valence-electron chi connectivity index (χ1n) is 10.6. The van der Waals surface area contributed by atoms with Gasteiger partial charge in [-0.15, -0.1) is 10.2 Å². The summed E-state index contributed by atoms with van der Waals surface area (Å²) in [5.41, 5.74) is 2.80. The number of hydrogen-bond acceptors (Lipinski definition) is 7. The van der Waals surface area contributed by atoms with Crippen LogP contribution in [-0.2, 0) is 9.53 Å². The smallest absolute Gasteiger partial charge is 0.319 e. The highest BCUT2D eigenvalue weighted by molar-refractivity contribution is 8.00. The Morgan fingerprint density at radius 1 is 1.06 bits per heavy atom. The van der Waals surface area contributed by atoms with Gasteiger partial charge >= 0.3 is 5.97 Å². The van der Waals surface area contributed by atoms with Crippen molar-refractivity contribution in [3.05, 3.63) is 48.0 Å². The molecule has 32 heavy (non-hydrogen) atoms. The van der Waals surface area contributed by atoms with E-state index >= 15 is 0 Å². The molecule has 0 radical (unpaired) electrons. The summed E-state index contributed by atoms with van der Waals surface area (Å²) in [5.74, 6) is 1.72. The molecule has 0 fully saturated rings. The number of aryl methyl sites for hydroxylation is 1. The van der Waals surface area contributed by atoms with Crippen molar-refractivity contribution < 1.29 is 19.0 Å². The number of aromatic nitrogens is 3. The summed E-state index contributed by atoms with van der Waals surface area (Å²) < 4.78 is 18.2. The molecular formula is C24H29N3O4S. The van der Waals surface area contributed by atoms with Crippen LogP contribution in [0.1, 0.15) is 32.3 Å². The molecule has 170 valence electrons.